The van der Waals surface area contributed by atoms with Crippen LogP contribution in [0.15, 0.2) is 0 Å². The molecular formula is C8H17O4P. The molecule has 1 atom stereocenters. The fraction of sp³-hybridized carbons (Fsp3) is 0.875. The minimum atomic E-state index is -2.77. The highest BCUT2D eigenvalue weighted by molar-refractivity contribution is 7.59. The van der Waals surface area contributed by atoms with Gasteiger partial charge in [0.1, 0.15) is 6.16 Å². The van der Waals surface area contributed by atoms with Crippen LogP contribution in [0.5, 0.6) is 0 Å². The molecule has 0 bridgehead atoms. The lowest BCUT2D eigenvalue weighted by Crippen LogP contribution is -2.11. The van der Waals surface area contributed by atoms with E-state index in [0.29, 0.717) is 12.8 Å². The third-order valence-electron chi connectivity index (χ3n) is 1.53. The molecule has 0 radical (unpaired) electrons. The Bertz CT molecular complexity index is 192. The molecule has 0 saturated heterocycles. The van der Waals surface area contributed by atoms with Crippen molar-refractivity contribution in [3.63, 3.8) is 0 Å². The number of carbonyl (C=O) groups is 1. The number of rotatable bonds is 6. The first-order valence-corrected chi connectivity index (χ1v) is 6.37. The second kappa shape index (κ2) is 6.17. The number of ether oxygens (including phenoxy) is 1. The lowest BCUT2D eigenvalue weighted by atomic mass is 10.6. The summed E-state index contributed by atoms with van der Waals surface area (Å²) in [4.78, 5) is 10.9. The molecule has 4 nitrogen and oxygen atoms in total. The Labute approximate surface area is 79.1 Å². The highest BCUT2D eigenvalue weighted by Gasteiger charge is 2.25. The topological polar surface area (TPSA) is 52.6 Å². The van der Waals surface area contributed by atoms with Crippen LogP contribution < -0.4 is 0 Å². The van der Waals surface area contributed by atoms with E-state index in [2.05, 4.69) is 4.74 Å². The van der Waals surface area contributed by atoms with E-state index in [-0.39, 0.29) is 6.16 Å². The van der Waals surface area contributed by atoms with Crippen molar-refractivity contribution < 1.29 is 18.6 Å². The second-order valence-corrected chi connectivity index (χ2v) is 5.34. The highest BCUT2D eigenvalue weighted by Crippen LogP contribution is 2.47. The molecule has 0 saturated carbocycles. The predicted octanol–water partition coefficient (Wildman–Crippen LogP) is 1.88. The van der Waals surface area contributed by atoms with E-state index in [9.17, 15) is 9.36 Å². The van der Waals surface area contributed by atoms with E-state index in [0.717, 1.165) is 6.42 Å². The summed E-state index contributed by atoms with van der Waals surface area (Å²) in [6, 6.07) is 0. The molecule has 0 aromatic carbocycles. The molecule has 0 aromatic heterocycles. The fourth-order valence-electron chi connectivity index (χ4n) is 1.03. The monoisotopic (exact) mass is 208 g/mol. The van der Waals surface area contributed by atoms with Crippen molar-refractivity contribution >= 4 is 13.3 Å². The SMILES string of the molecule is CCCP(=O)(CC(=O)OC)OCC. The van der Waals surface area contributed by atoms with Gasteiger partial charge in [-0.15, -0.1) is 0 Å². The Kier molecular flexibility index (Phi) is 6.00. The van der Waals surface area contributed by atoms with E-state index in [1.54, 1.807) is 6.92 Å². The van der Waals surface area contributed by atoms with Gasteiger partial charge < -0.3 is 9.26 Å². The van der Waals surface area contributed by atoms with E-state index < -0.39 is 13.3 Å². The van der Waals surface area contributed by atoms with Gasteiger partial charge in [-0.1, -0.05) is 6.92 Å². The highest BCUT2D eigenvalue weighted by atomic mass is 31.2. The summed E-state index contributed by atoms with van der Waals surface area (Å²) >= 11 is 0. The summed E-state index contributed by atoms with van der Waals surface area (Å²) in [6.07, 6.45) is 1.08. The van der Waals surface area contributed by atoms with Crippen molar-refractivity contribution in [3.05, 3.63) is 0 Å². The normalized spacial score (nSPS) is 15.0. The van der Waals surface area contributed by atoms with E-state index in [1.807, 2.05) is 6.92 Å². The molecule has 0 rings (SSSR count). The zero-order valence-corrected chi connectivity index (χ0v) is 9.30. The first-order chi connectivity index (χ1) is 6.08. The van der Waals surface area contributed by atoms with E-state index in [1.165, 1.54) is 7.11 Å². The first-order valence-electron chi connectivity index (χ1n) is 4.37. The van der Waals surface area contributed by atoms with Crippen molar-refractivity contribution in [2.24, 2.45) is 0 Å². The van der Waals surface area contributed by atoms with Gasteiger partial charge in [0.05, 0.1) is 13.7 Å². The molecule has 78 valence electrons. The molecule has 1 unspecified atom stereocenters. The largest absolute Gasteiger partial charge is 0.469 e. The van der Waals surface area contributed by atoms with Gasteiger partial charge in [0, 0.05) is 6.16 Å². The van der Waals surface area contributed by atoms with Gasteiger partial charge in [-0.25, -0.2) is 0 Å². The van der Waals surface area contributed by atoms with Crippen LogP contribution >= 0.6 is 7.37 Å². The molecule has 0 aromatic rings. The van der Waals surface area contributed by atoms with Crippen molar-refractivity contribution in [2.75, 3.05) is 26.0 Å². The first kappa shape index (κ1) is 12.7. The van der Waals surface area contributed by atoms with Crippen LogP contribution in [-0.2, 0) is 18.6 Å². The van der Waals surface area contributed by atoms with Crippen molar-refractivity contribution in [1.82, 2.24) is 0 Å². The molecule has 0 aliphatic rings. The summed E-state index contributed by atoms with van der Waals surface area (Å²) in [6.45, 7) is 4.04. The molecule has 0 amide bonds. The molecule has 13 heavy (non-hydrogen) atoms. The minimum absolute atomic E-state index is 0.106. The van der Waals surface area contributed by atoms with Crippen molar-refractivity contribution in [1.29, 1.82) is 0 Å². The molecule has 0 N–H and O–H groups in total. The third-order valence-corrected chi connectivity index (χ3v) is 4.12. The van der Waals surface area contributed by atoms with Gasteiger partial charge in [0.15, 0.2) is 0 Å². The Hall–Kier alpha value is -0.340. The molecule has 5 heteroatoms. The number of methoxy groups -OCH3 is 1. The summed E-state index contributed by atoms with van der Waals surface area (Å²) < 4.78 is 21.4. The lowest BCUT2D eigenvalue weighted by molar-refractivity contribution is -0.137. The Morgan fingerprint density at radius 3 is 2.38 bits per heavy atom. The molecule has 0 aliphatic carbocycles. The Morgan fingerprint density at radius 2 is 2.00 bits per heavy atom. The summed E-state index contributed by atoms with van der Waals surface area (Å²) in [5.41, 5.74) is 0. The lowest BCUT2D eigenvalue weighted by Gasteiger charge is -2.15. The Morgan fingerprint density at radius 1 is 1.38 bits per heavy atom. The van der Waals surface area contributed by atoms with Crippen LogP contribution in [0.2, 0.25) is 0 Å². The molecule has 0 spiro atoms. The van der Waals surface area contributed by atoms with Gasteiger partial charge in [0.25, 0.3) is 0 Å². The predicted molar refractivity (Wildman–Crippen MR) is 51.3 cm³/mol. The maximum absolute atomic E-state index is 11.9. The standard InChI is InChI=1S/C8H17O4P/c1-4-6-13(10,12-5-2)7-8(9)11-3/h4-7H2,1-3H3. The van der Waals surface area contributed by atoms with Gasteiger partial charge in [0.2, 0.25) is 7.37 Å². The zero-order valence-electron chi connectivity index (χ0n) is 8.41. The molecule has 0 heterocycles. The summed E-state index contributed by atoms with van der Waals surface area (Å²) in [7, 11) is -1.48. The fourth-order valence-corrected chi connectivity index (χ4v) is 3.08. The second-order valence-electron chi connectivity index (χ2n) is 2.69. The van der Waals surface area contributed by atoms with Crippen molar-refractivity contribution in [3.8, 4) is 0 Å². The van der Waals surface area contributed by atoms with Crippen molar-refractivity contribution in [2.45, 2.75) is 20.3 Å². The van der Waals surface area contributed by atoms with Gasteiger partial charge in [-0.3, -0.25) is 9.36 Å². The van der Waals surface area contributed by atoms with E-state index >= 15 is 0 Å². The van der Waals surface area contributed by atoms with Crippen LogP contribution in [0, 0.1) is 0 Å². The summed E-state index contributed by atoms with van der Waals surface area (Å²) in [5, 5.41) is 0. The number of esters is 1. The molecule has 0 fully saturated rings. The molecular weight excluding hydrogens is 191 g/mol. The van der Waals surface area contributed by atoms with Crippen LogP contribution in [0.1, 0.15) is 20.3 Å². The quantitative estimate of drug-likeness (QED) is 0.494. The number of hydrogen-bond acceptors (Lipinski definition) is 4. The smallest absolute Gasteiger partial charge is 0.315 e. The maximum atomic E-state index is 11.9. The maximum Gasteiger partial charge on any atom is 0.315 e. The minimum Gasteiger partial charge on any atom is -0.469 e. The van der Waals surface area contributed by atoms with Gasteiger partial charge in [-0.2, -0.15) is 0 Å². The average Bonchev–Trinajstić information content (AvgIpc) is 2.04. The number of carbonyl (C=O) groups excluding carboxylic acids is 1. The number of hydrogen-bond donors (Lipinski definition) is 0. The Balaban J connectivity index is 4.23. The van der Waals surface area contributed by atoms with E-state index in [4.69, 9.17) is 4.52 Å². The van der Waals surface area contributed by atoms with Crippen LogP contribution in [0.25, 0.3) is 0 Å². The average molecular weight is 208 g/mol. The van der Waals surface area contributed by atoms with Gasteiger partial charge in [-0.05, 0) is 13.3 Å². The zero-order chi connectivity index (χ0) is 10.3. The van der Waals surface area contributed by atoms with Gasteiger partial charge >= 0.3 is 5.97 Å². The third kappa shape index (κ3) is 5.06. The molecule has 0 aliphatic heterocycles. The summed E-state index contributed by atoms with van der Waals surface area (Å²) in [5.74, 6) is -0.467. The van der Waals surface area contributed by atoms with Crippen LogP contribution in [-0.4, -0.2) is 32.0 Å². The van der Waals surface area contributed by atoms with Crippen LogP contribution in [0.4, 0.5) is 0 Å². The van der Waals surface area contributed by atoms with Crippen LogP contribution in [0.3, 0.4) is 0 Å².